The third-order valence-electron chi connectivity index (χ3n) is 4.64. The highest BCUT2D eigenvalue weighted by Crippen LogP contribution is 2.17. The van der Waals surface area contributed by atoms with E-state index in [0.717, 1.165) is 6.42 Å². The van der Waals surface area contributed by atoms with Crippen molar-refractivity contribution in [1.29, 1.82) is 5.26 Å². The van der Waals surface area contributed by atoms with E-state index in [9.17, 15) is 14.4 Å². The predicted octanol–water partition coefficient (Wildman–Crippen LogP) is 4.32. The van der Waals surface area contributed by atoms with Crippen molar-refractivity contribution in [2.24, 2.45) is 0 Å². The number of esters is 1. The van der Waals surface area contributed by atoms with Crippen LogP contribution in [-0.2, 0) is 14.3 Å². The lowest BCUT2D eigenvalue weighted by atomic mass is 10.1. The largest absolute Gasteiger partial charge is 0.494 e. The summed E-state index contributed by atoms with van der Waals surface area (Å²) in [6.45, 7) is 4.29. The summed E-state index contributed by atoms with van der Waals surface area (Å²) < 4.78 is 10.7. The van der Waals surface area contributed by atoms with Crippen molar-refractivity contribution in [3.05, 3.63) is 60.2 Å². The van der Waals surface area contributed by atoms with Crippen LogP contribution in [0.5, 0.6) is 5.75 Å². The number of carbonyl (C=O) groups is 3. The van der Waals surface area contributed by atoms with Crippen molar-refractivity contribution < 1.29 is 23.9 Å². The minimum atomic E-state index is -1.04. The van der Waals surface area contributed by atoms with Gasteiger partial charge in [-0.2, -0.15) is 5.26 Å². The van der Waals surface area contributed by atoms with Crippen molar-refractivity contribution >= 4 is 23.3 Å². The fourth-order valence-electron chi connectivity index (χ4n) is 2.98. The molecule has 0 radical (unpaired) electrons. The molecule has 1 atom stereocenters. The van der Waals surface area contributed by atoms with E-state index in [-0.39, 0.29) is 31.6 Å². The van der Waals surface area contributed by atoms with Crippen LogP contribution in [0.2, 0.25) is 0 Å². The highest BCUT2D eigenvalue weighted by molar-refractivity contribution is 5.99. The molecule has 2 aromatic carbocycles. The van der Waals surface area contributed by atoms with Gasteiger partial charge in [0.1, 0.15) is 5.75 Å². The molecule has 1 amide bonds. The summed E-state index contributed by atoms with van der Waals surface area (Å²) in [4.78, 5) is 38.8. The van der Waals surface area contributed by atoms with Gasteiger partial charge in [-0.3, -0.25) is 14.4 Å². The molecule has 168 valence electrons. The summed E-state index contributed by atoms with van der Waals surface area (Å²) in [6.07, 6.45) is -0.144. The number of carbonyl (C=O) groups excluding carboxylic acids is 3. The Balaban J connectivity index is 1.88. The first-order valence-electron chi connectivity index (χ1n) is 10.6. The molecule has 0 saturated carbocycles. The zero-order chi connectivity index (χ0) is 23.3. The summed E-state index contributed by atoms with van der Waals surface area (Å²) in [5.74, 6) is -0.554. The Morgan fingerprint density at radius 1 is 1.03 bits per heavy atom. The van der Waals surface area contributed by atoms with Gasteiger partial charge in [-0.25, -0.2) is 0 Å². The molecule has 0 aliphatic carbocycles. The van der Waals surface area contributed by atoms with Crippen molar-refractivity contribution in [2.45, 2.75) is 45.6 Å². The second-order valence-electron chi connectivity index (χ2n) is 7.16. The van der Waals surface area contributed by atoms with Gasteiger partial charge in [-0.1, -0.05) is 25.1 Å². The van der Waals surface area contributed by atoms with Gasteiger partial charge >= 0.3 is 5.97 Å². The first-order chi connectivity index (χ1) is 15.5. The predicted molar refractivity (Wildman–Crippen MR) is 120 cm³/mol. The van der Waals surface area contributed by atoms with Crippen molar-refractivity contribution in [3.63, 3.8) is 0 Å². The molecule has 2 aromatic rings. The Morgan fingerprint density at radius 2 is 1.72 bits per heavy atom. The lowest BCUT2D eigenvalue weighted by Crippen LogP contribution is -2.40. The van der Waals surface area contributed by atoms with Gasteiger partial charge in [0.05, 0.1) is 25.5 Å². The lowest BCUT2D eigenvalue weighted by Gasteiger charge is -2.25. The highest BCUT2D eigenvalue weighted by Gasteiger charge is 2.25. The molecular formula is C25H28N2O5. The Kier molecular flexibility index (Phi) is 9.92. The van der Waals surface area contributed by atoms with Crippen LogP contribution in [0.3, 0.4) is 0 Å². The van der Waals surface area contributed by atoms with E-state index in [1.165, 1.54) is 11.8 Å². The molecule has 7 nitrogen and oxygen atoms in total. The topological polar surface area (TPSA) is 96.7 Å². The van der Waals surface area contributed by atoms with E-state index in [2.05, 4.69) is 0 Å². The lowest BCUT2D eigenvalue weighted by molar-refractivity contribution is -0.153. The minimum Gasteiger partial charge on any atom is -0.494 e. The number of nitrogens with zero attached hydrogens (tertiary/aromatic N) is 2. The number of nitriles is 1. The number of benzene rings is 2. The molecule has 0 fully saturated rings. The maximum absolute atomic E-state index is 12.8. The number of hydrogen-bond donors (Lipinski definition) is 0. The van der Waals surface area contributed by atoms with Gasteiger partial charge in [0.2, 0.25) is 0 Å². The number of para-hydroxylation sites is 1. The van der Waals surface area contributed by atoms with Gasteiger partial charge in [0.25, 0.3) is 5.91 Å². The second kappa shape index (κ2) is 12.9. The standard InChI is InChI=1S/C25H28N2O5/c1-3-18-31-22-12-10-20(11-13-22)23(28)14-15-24(29)32-19(2)25(30)27(17-7-16-26)21-8-5-4-6-9-21/h4-6,8-13,19H,3,7,14-15,17-18H2,1-2H3. The van der Waals surface area contributed by atoms with E-state index in [0.29, 0.717) is 23.6 Å². The third-order valence-corrected chi connectivity index (χ3v) is 4.64. The van der Waals surface area contributed by atoms with Crippen LogP contribution in [0, 0.1) is 11.3 Å². The Morgan fingerprint density at radius 3 is 2.34 bits per heavy atom. The average Bonchev–Trinajstić information content (AvgIpc) is 2.82. The average molecular weight is 437 g/mol. The maximum Gasteiger partial charge on any atom is 0.307 e. The summed E-state index contributed by atoms with van der Waals surface area (Å²) in [5.41, 5.74) is 1.11. The fraction of sp³-hybridized carbons (Fsp3) is 0.360. The Labute approximate surface area is 188 Å². The monoisotopic (exact) mass is 436 g/mol. The first kappa shape index (κ1) is 24.6. The smallest absolute Gasteiger partial charge is 0.307 e. The summed E-state index contributed by atoms with van der Waals surface area (Å²) in [7, 11) is 0. The number of anilines is 1. The molecule has 0 heterocycles. The van der Waals surface area contributed by atoms with E-state index in [1.54, 1.807) is 48.5 Å². The van der Waals surface area contributed by atoms with Crippen LogP contribution >= 0.6 is 0 Å². The third kappa shape index (κ3) is 7.55. The van der Waals surface area contributed by atoms with Crippen LogP contribution < -0.4 is 9.64 Å². The van der Waals surface area contributed by atoms with E-state index < -0.39 is 18.0 Å². The Bertz CT molecular complexity index is 935. The maximum atomic E-state index is 12.8. The van der Waals surface area contributed by atoms with E-state index in [1.807, 2.05) is 19.1 Å². The molecule has 0 saturated heterocycles. The van der Waals surface area contributed by atoms with Crippen LogP contribution in [0.25, 0.3) is 0 Å². The molecule has 0 aromatic heterocycles. The molecule has 1 unspecified atom stereocenters. The zero-order valence-electron chi connectivity index (χ0n) is 18.5. The van der Waals surface area contributed by atoms with Crippen molar-refractivity contribution in [1.82, 2.24) is 0 Å². The molecule has 0 bridgehead atoms. The van der Waals surface area contributed by atoms with E-state index in [4.69, 9.17) is 14.7 Å². The molecule has 0 aliphatic heterocycles. The molecule has 0 N–H and O–H groups in total. The SMILES string of the molecule is CCCOc1ccc(C(=O)CCC(=O)OC(C)C(=O)N(CCC#N)c2ccccc2)cc1. The molecule has 7 heteroatoms. The summed E-state index contributed by atoms with van der Waals surface area (Å²) >= 11 is 0. The van der Waals surface area contributed by atoms with Crippen LogP contribution in [0.1, 0.15) is 49.9 Å². The number of hydrogen-bond acceptors (Lipinski definition) is 6. The van der Waals surface area contributed by atoms with Crippen molar-refractivity contribution in [3.8, 4) is 11.8 Å². The molecular weight excluding hydrogens is 408 g/mol. The Hall–Kier alpha value is -3.66. The fourth-order valence-corrected chi connectivity index (χ4v) is 2.98. The minimum absolute atomic E-state index is 0.0221. The van der Waals surface area contributed by atoms with Crippen molar-refractivity contribution in [2.75, 3.05) is 18.1 Å². The summed E-state index contributed by atoms with van der Waals surface area (Å²) in [5, 5.41) is 8.88. The zero-order valence-corrected chi connectivity index (χ0v) is 18.5. The molecule has 0 spiro atoms. The number of ether oxygens (including phenoxy) is 2. The van der Waals surface area contributed by atoms with E-state index >= 15 is 0 Å². The molecule has 0 aliphatic rings. The van der Waals surface area contributed by atoms with Crippen LogP contribution in [0.4, 0.5) is 5.69 Å². The van der Waals surface area contributed by atoms with Gasteiger partial charge < -0.3 is 14.4 Å². The van der Waals surface area contributed by atoms with Gasteiger partial charge in [0, 0.05) is 24.2 Å². The van der Waals surface area contributed by atoms with Gasteiger partial charge in [-0.05, 0) is 49.7 Å². The number of amides is 1. The molecule has 2 rings (SSSR count). The van der Waals surface area contributed by atoms with Gasteiger partial charge in [-0.15, -0.1) is 0 Å². The van der Waals surface area contributed by atoms with Crippen LogP contribution in [-0.4, -0.2) is 36.9 Å². The quantitative estimate of drug-likeness (QED) is 0.363. The normalized spacial score (nSPS) is 11.2. The number of rotatable bonds is 12. The second-order valence-corrected chi connectivity index (χ2v) is 7.16. The first-order valence-corrected chi connectivity index (χ1v) is 10.6. The number of ketones is 1. The highest BCUT2D eigenvalue weighted by atomic mass is 16.5. The summed E-state index contributed by atoms with van der Waals surface area (Å²) in [6, 6.07) is 17.7. The molecule has 32 heavy (non-hydrogen) atoms. The van der Waals surface area contributed by atoms with Gasteiger partial charge in [0.15, 0.2) is 11.9 Å². The van der Waals surface area contributed by atoms with Crippen LogP contribution in [0.15, 0.2) is 54.6 Å². The number of Topliss-reactive ketones (excluding diaryl/α,β-unsaturated/α-hetero) is 1.